The van der Waals surface area contributed by atoms with Crippen molar-refractivity contribution in [2.24, 2.45) is 5.10 Å². The lowest BCUT2D eigenvalue weighted by Crippen LogP contribution is -2.21. The number of carbonyl (C=O) groups is 1. The molecule has 1 aliphatic rings. The van der Waals surface area contributed by atoms with Gasteiger partial charge in [0.25, 0.3) is 5.91 Å². The molecule has 0 spiro atoms. The van der Waals surface area contributed by atoms with Crippen molar-refractivity contribution >= 4 is 35.0 Å². The van der Waals surface area contributed by atoms with Crippen molar-refractivity contribution in [3.8, 4) is 11.5 Å². The number of hydrogen-bond donors (Lipinski definition) is 0. The van der Waals surface area contributed by atoms with Crippen molar-refractivity contribution in [2.75, 3.05) is 18.2 Å². The maximum absolute atomic E-state index is 13.2. The largest absolute Gasteiger partial charge is 0.490 e. The van der Waals surface area contributed by atoms with Crippen LogP contribution in [0, 0.1) is 5.82 Å². The number of hydrazone groups is 1. The number of hydrogen-bond acceptors (Lipinski definition) is 4. The molecule has 2 aromatic rings. The van der Waals surface area contributed by atoms with Crippen molar-refractivity contribution in [1.29, 1.82) is 0 Å². The molecule has 0 bridgehead atoms. The van der Waals surface area contributed by atoms with Crippen LogP contribution in [0.2, 0.25) is 5.02 Å². The highest BCUT2D eigenvalue weighted by atomic mass is 35.5. The highest BCUT2D eigenvalue weighted by Gasteiger charge is 2.29. The standard InChI is InChI=1S/C21H20ClFN2O3/c1-4-27-19-12-14(11-18(22)20(19)28-5-2)10-17-13(3)24-25(21(17)26)16-8-6-15(23)7-9-16/h6-12H,4-5H2,1-3H3. The molecule has 1 heterocycles. The molecule has 1 amide bonds. The van der Waals surface area contributed by atoms with Gasteiger partial charge in [0.2, 0.25) is 0 Å². The monoisotopic (exact) mass is 402 g/mol. The minimum atomic E-state index is -0.376. The quantitative estimate of drug-likeness (QED) is 0.633. The molecule has 2 aromatic carbocycles. The van der Waals surface area contributed by atoms with Crippen LogP contribution in [0.25, 0.3) is 6.08 Å². The van der Waals surface area contributed by atoms with Gasteiger partial charge in [0.05, 0.1) is 35.2 Å². The first-order valence-electron chi connectivity index (χ1n) is 8.91. The minimum absolute atomic E-state index is 0.299. The summed E-state index contributed by atoms with van der Waals surface area (Å²) in [5.41, 5.74) is 2.16. The van der Waals surface area contributed by atoms with Crippen LogP contribution < -0.4 is 14.5 Å². The van der Waals surface area contributed by atoms with Crippen molar-refractivity contribution in [3.05, 3.63) is 58.4 Å². The van der Waals surface area contributed by atoms with Crippen LogP contribution in [0.1, 0.15) is 26.3 Å². The fraction of sp³-hybridized carbons (Fsp3) is 0.238. The second-order valence-corrected chi connectivity index (χ2v) is 6.44. The van der Waals surface area contributed by atoms with Gasteiger partial charge in [-0.2, -0.15) is 10.1 Å². The van der Waals surface area contributed by atoms with E-state index in [0.717, 1.165) is 0 Å². The summed E-state index contributed by atoms with van der Waals surface area (Å²) in [7, 11) is 0. The lowest BCUT2D eigenvalue weighted by atomic mass is 10.1. The van der Waals surface area contributed by atoms with Crippen molar-refractivity contribution in [1.82, 2.24) is 0 Å². The van der Waals surface area contributed by atoms with Crippen LogP contribution in [0.5, 0.6) is 11.5 Å². The van der Waals surface area contributed by atoms with Gasteiger partial charge in [0.1, 0.15) is 5.82 Å². The van der Waals surface area contributed by atoms with E-state index in [1.54, 1.807) is 25.1 Å². The van der Waals surface area contributed by atoms with E-state index in [2.05, 4.69) is 5.10 Å². The van der Waals surface area contributed by atoms with Crippen LogP contribution in [-0.2, 0) is 4.79 Å². The molecule has 0 atom stereocenters. The zero-order valence-corrected chi connectivity index (χ0v) is 16.6. The first-order valence-corrected chi connectivity index (χ1v) is 9.28. The van der Waals surface area contributed by atoms with Gasteiger partial charge in [-0.1, -0.05) is 11.6 Å². The summed E-state index contributed by atoms with van der Waals surface area (Å²) in [6, 6.07) is 9.07. The van der Waals surface area contributed by atoms with Crippen molar-refractivity contribution in [3.63, 3.8) is 0 Å². The van der Waals surface area contributed by atoms with Crippen molar-refractivity contribution < 1.29 is 18.7 Å². The van der Waals surface area contributed by atoms with Gasteiger partial charge in [-0.05, 0) is 68.8 Å². The average molecular weight is 403 g/mol. The Morgan fingerprint density at radius 3 is 2.46 bits per heavy atom. The Labute approximate surface area is 168 Å². The fourth-order valence-corrected chi connectivity index (χ4v) is 3.10. The Hall–Kier alpha value is -2.86. The maximum atomic E-state index is 13.2. The molecule has 0 N–H and O–H groups in total. The zero-order chi connectivity index (χ0) is 20.3. The van der Waals surface area contributed by atoms with E-state index in [0.29, 0.717) is 52.3 Å². The van der Waals surface area contributed by atoms with Crippen LogP contribution in [0.4, 0.5) is 10.1 Å². The molecule has 0 aromatic heterocycles. The van der Waals surface area contributed by atoms with Gasteiger partial charge < -0.3 is 9.47 Å². The second-order valence-electron chi connectivity index (χ2n) is 6.03. The van der Waals surface area contributed by atoms with Gasteiger partial charge in [0, 0.05) is 0 Å². The molecule has 1 aliphatic heterocycles. The number of benzene rings is 2. The highest BCUT2D eigenvalue weighted by molar-refractivity contribution is 6.33. The van der Waals surface area contributed by atoms with E-state index >= 15 is 0 Å². The fourth-order valence-electron chi connectivity index (χ4n) is 2.83. The Morgan fingerprint density at radius 2 is 1.82 bits per heavy atom. The predicted octanol–water partition coefficient (Wildman–Crippen LogP) is 5.08. The third-order valence-corrected chi connectivity index (χ3v) is 4.35. The van der Waals surface area contributed by atoms with Gasteiger partial charge in [-0.15, -0.1) is 0 Å². The minimum Gasteiger partial charge on any atom is -0.490 e. The number of anilines is 1. The zero-order valence-electron chi connectivity index (χ0n) is 15.8. The number of halogens is 2. The van der Waals surface area contributed by atoms with Gasteiger partial charge >= 0.3 is 0 Å². The van der Waals surface area contributed by atoms with Crippen LogP contribution in [0.3, 0.4) is 0 Å². The Morgan fingerprint density at radius 1 is 1.14 bits per heavy atom. The second kappa shape index (κ2) is 8.44. The lowest BCUT2D eigenvalue weighted by Gasteiger charge is -2.14. The van der Waals surface area contributed by atoms with E-state index in [1.165, 1.54) is 29.3 Å². The van der Waals surface area contributed by atoms with E-state index in [-0.39, 0.29) is 11.7 Å². The third-order valence-electron chi connectivity index (χ3n) is 4.07. The van der Waals surface area contributed by atoms with Crippen LogP contribution in [-0.4, -0.2) is 24.8 Å². The summed E-state index contributed by atoms with van der Waals surface area (Å²) in [4.78, 5) is 12.8. The first-order chi connectivity index (χ1) is 13.4. The van der Waals surface area contributed by atoms with E-state index in [9.17, 15) is 9.18 Å². The summed E-state index contributed by atoms with van der Waals surface area (Å²) in [5.74, 6) is 0.315. The molecule has 5 nitrogen and oxygen atoms in total. The molecule has 146 valence electrons. The topological polar surface area (TPSA) is 51.1 Å². The molecular weight excluding hydrogens is 383 g/mol. The molecule has 0 aliphatic carbocycles. The van der Waals surface area contributed by atoms with E-state index < -0.39 is 0 Å². The van der Waals surface area contributed by atoms with Gasteiger partial charge in [-0.25, -0.2) is 4.39 Å². The normalized spacial score (nSPS) is 15.2. The van der Waals surface area contributed by atoms with E-state index in [4.69, 9.17) is 21.1 Å². The molecule has 28 heavy (non-hydrogen) atoms. The van der Waals surface area contributed by atoms with Crippen molar-refractivity contribution in [2.45, 2.75) is 20.8 Å². The lowest BCUT2D eigenvalue weighted by molar-refractivity contribution is -0.114. The maximum Gasteiger partial charge on any atom is 0.280 e. The van der Waals surface area contributed by atoms with Gasteiger partial charge in [-0.3, -0.25) is 4.79 Å². The van der Waals surface area contributed by atoms with Crippen LogP contribution in [0.15, 0.2) is 47.1 Å². The number of rotatable bonds is 6. The highest BCUT2D eigenvalue weighted by Crippen LogP contribution is 2.37. The summed E-state index contributed by atoms with van der Waals surface area (Å²) in [5, 5.41) is 5.94. The third kappa shape index (κ3) is 4.02. The number of amides is 1. The summed E-state index contributed by atoms with van der Waals surface area (Å²) < 4.78 is 24.3. The Kier molecular flexibility index (Phi) is 5.99. The SMILES string of the molecule is CCOc1cc(C=C2C(=O)N(c3ccc(F)cc3)N=C2C)cc(Cl)c1OCC. The molecule has 0 radical (unpaired) electrons. The van der Waals surface area contributed by atoms with Crippen LogP contribution >= 0.6 is 11.6 Å². The first kappa shape index (κ1) is 19.9. The molecule has 0 saturated heterocycles. The molecule has 3 rings (SSSR count). The summed E-state index contributed by atoms with van der Waals surface area (Å²) in [6.45, 7) is 6.38. The molecule has 0 unspecified atom stereocenters. The molecule has 0 fully saturated rings. The Bertz CT molecular complexity index is 955. The Balaban J connectivity index is 1.96. The molecule has 7 heteroatoms. The summed E-state index contributed by atoms with van der Waals surface area (Å²) in [6.07, 6.45) is 1.70. The molecule has 0 saturated carbocycles. The smallest absolute Gasteiger partial charge is 0.280 e. The predicted molar refractivity (Wildman–Crippen MR) is 109 cm³/mol. The van der Waals surface area contributed by atoms with E-state index in [1.807, 2.05) is 13.8 Å². The number of carbonyl (C=O) groups excluding carboxylic acids is 1. The summed E-state index contributed by atoms with van der Waals surface area (Å²) >= 11 is 6.35. The average Bonchev–Trinajstić information content (AvgIpc) is 2.94. The van der Waals surface area contributed by atoms with Gasteiger partial charge in [0.15, 0.2) is 11.5 Å². The number of nitrogens with zero attached hydrogens (tertiary/aromatic N) is 2. The molecular formula is C21H20ClFN2O3. The number of ether oxygens (including phenoxy) is 2.